The fraction of sp³-hybridized carbons (Fsp3) is 0.950. The van der Waals surface area contributed by atoms with E-state index < -0.39 is 13.7 Å². The first-order valence-corrected chi connectivity index (χ1v) is 12.7. The fourth-order valence-electron chi connectivity index (χ4n) is 3.33. The molecule has 146 valence electrons. The predicted octanol–water partition coefficient (Wildman–Crippen LogP) is 4.93. The highest BCUT2D eigenvalue weighted by molar-refractivity contribution is 6.74. The van der Waals surface area contributed by atoms with Gasteiger partial charge in [0.25, 0.3) is 0 Å². The molecule has 3 atom stereocenters. The molecule has 2 aliphatic rings. The lowest BCUT2D eigenvalue weighted by atomic mass is 9.79. The predicted molar refractivity (Wildman–Crippen MR) is 103 cm³/mol. The van der Waals surface area contributed by atoms with Crippen LogP contribution in [-0.2, 0) is 18.7 Å². The fourth-order valence-corrected chi connectivity index (χ4v) is 4.37. The van der Waals surface area contributed by atoms with Gasteiger partial charge in [0.2, 0.25) is 0 Å². The summed E-state index contributed by atoms with van der Waals surface area (Å²) in [5.41, 5.74) is -0.667. The Hall–Kier alpha value is -0.393. The van der Waals surface area contributed by atoms with Gasteiger partial charge in [-0.25, -0.2) is 0 Å². The average molecular weight is 371 g/mol. The van der Waals surface area contributed by atoms with Crippen LogP contribution in [0.1, 0.15) is 67.2 Å². The molecule has 0 unspecified atom stereocenters. The second-order valence-corrected chi connectivity index (χ2v) is 15.0. The molecule has 0 radical (unpaired) electrons. The second kappa shape index (κ2) is 6.97. The van der Waals surface area contributed by atoms with Crippen molar-refractivity contribution in [2.24, 2.45) is 11.3 Å². The molecule has 25 heavy (non-hydrogen) atoms. The Morgan fingerprint density at radius 1 is 1.24 bits per heavy atom. The number of carbonyl (C=O) groups excluding carboxylic acids is 1. The molecule has 0 saturated carbocycles. The van der Waals surface area contributed by atoms with Crippen LogP contribution in [0.5, 0.6) is 0 Å². The standard InChI is InChI=1S/C20H38O4Si/c1-9-19(5,6)17(21)22-13-15-12-16-10-11-20(15,24-16)14-23-25(7,8)18(2,3)4/h15-16H,9-14H2,1-8H3/t15-,16+,20+/m1/s1. The quantitative estimate of drug-likeness (QED) is 0.471. The van der Waals surface area contributed by atoms with Crippen LogP contribution < -0.4 is 0 Å². The topological polar surface area (TPSA) is 44.8 Å². The molecule has 2 saturated heterocycles. The molecule has 0 spiro atoms. The zero-order valence-corrected chi connectivity index (χ0v) is 18.5. The van der Waals surface area contributed by atoms with Crippen LogP contribution in [-0.4, -0.2) is 39.2 Å². The zero-order valence-electron chi connectivity index (χ0n) is 17.5. The Bertz CT molecular complexity index is 494. The molecule has 2 bridgehead atoms. The molecule has 0 aliphatic carbocycles. The van der Waals surface area contributed by atoms with Crippen molar-refractivity contribution in [2.45, 2.75) is 97.1 Å². The summed E-state index contributed by atoms with van der Waals surface area (Å²) in [6.07, 6.45) is 4.21. The van der Waals surface area contributed by atoms with Gasteiger partial charge in [0.1, 0.15) is 0 Å². The number of rotatable bonds is 7. The number of esters is 1. The molecule has 2 aliphatic heterocycles. The van der Waals surface area contributed by atoms with Crippen molar-refractivity contribution in [3.63, 3.8) is 0 Å². The Labute approximate surface area is 155 Å². The molecule has 2 heterocycles. The van der Waals surface area contributed by atoms with Crippen LogP contribution in [0.2, 0.25) is 18.1 Å². The molecule has 2 rings (SSSR count). The molecule has 2 fully saturated rings. The maximum Gasteiger partial charge on any atom is 0.311 e. The van der Waals surface area contributed by atoms with Gasteiger partial charge < -0.3 is 13.9 Å². The summed E-state index contributed by atoms with van der Waals surface area (Å²) >= 11 is 0. The Balaban J connectivity index is 1.99. The zero-order chi connectivity index (χ0) is 19.1. The summed E-state index contributed by atoms with van der Waals surface area (Å²) in [5.74, 6) is 0.158. The number of fused-ring (bicyclic) bond motifs is 2. The van der Waals surface area contributed by atoms with Gasteiger partial charge in [0.05, 0.1) is 30.3 Å². The van der Waals surface area contributed by atoms with E-state index in [1.54, 1.807) is 0 Å². The van der Waals surface area contributed by atoms with E-state index in [4.69, 9.17) is 13.9 Å². The van der Waals surface area contributed by atoms with E-state index in [0.717, 1.165) is 25.7 Å². The van der Waals surface area contributed by atoms with E-state index in [9.17, 15) is 4.79 Å². The SMILES string of the molecule is CCC(C)(C)C(=O)OC[C@H]1C[C@@H]2CC[C@@]1(CO[Si](C)(C)C(C)(C)C)O2. The number of hydrogen-bond acceptors (Lipinski definition) is 4. The molecule has 0 amide bonds. The maximum absolute atomic E-state index is 12.3. The lowest BCUT2D eigenvalue weighted by Crippen LogP contribution is -2.49. The Morgan fingerprint density at radius 2 is 1.88 bits per heavy atom. The summed E-state index contributed by atoms with van der Waals surface area (Å²) in [4.78, 5) is 12.3. The van der Waals surface area contributed by atoms with Gasteiger partial charge in [-0.1, -0.05) is 27.7 Å². The van der Waals surface area contributed by atoms with Gasteiger partial charge >= 0.3 is 5.97 Å². The molecule has 5 heteroatoms. The van der Waals surface area contributed by atoms with E-state index in [2.05, 4.69) is 33.9 Å². The van der Waals surface area contributed by atoms with Crippen LogP contribution in [0, 0.1) is 11.3 Å². The first kappa shape index (κ1) is 20.9. The monoisotopic (exact) mass is 370 g/mol. The summed E-state index contributed by atoms with van der Waals surface area (Å²) in [6.45, 7) is 18.4. The van der Waals surface area contributed by atoms with Crippen molar-refractivity contribution in [1.29, 1.82) is 0 Å². The molecule has 4 nitrogen and oxygen atoms in total. The Morgan fingerprint density at radius 3 is 2.40 bits per heavy atom. The van der Waals surface area contributed by atoms with E-state index in [1.807, 2.05) is 20.8 Å². The molecule has 0 aromatic rings. The van der Waals surface area contributed by atoms with Gasteiger partial charge in [-0.05, 0) is 57.7 Å². The summed E-state index contributed by atoms with van der Waals surface area (Å²) in [7, 11) is -1.82. The van der Waals surface area contributed by atoms with Crippen molar-refractivity contribution in [3.05, 3.63) is 0 Å². The summed E-state index contributed by atoms with van der Waals surface area (Å²) in [6, 6.07) is 0. The van der Waals surface area contributed by atoms with Gasteiger partial charge in [-0.3, -0.25) is 4.79 Å². The first-order chi connectivity index (χ1) is 11.3. The van der Waals surface area contributed by atoms with Gasteiger partial charge in [-0.2, -0.15) is 0 Å². The van der Waals surface area contributed by atoms with E-state index in [0.29, 0.717) is 19.3 Å². The highest BCUT2D eigenvalue weighted by Gasteiger charge is 2.55. The number of ether oxygens (including phenoxy) is 2. The Kier molecular flexibility index (Phi) is 5.83. The molecule has 0 aromatic carbocycles. The van der Waals surface area contributed by atoms with Crippen LogP contribution in [0.15, 0.2) is 0 Å². The maximum atomic E-state index is 12.3. The second-order valence-electron chi connectivity index (χ2n) is 10.2. The van der Waals surface area contributed by atoms with Gasteiger partial charge in [-0.15, -0.1) is 0 Å². The molecular weight excluding hydrogens is 332 g/mol. The normalized spacial score (nSPS) is 29.9. The van der Waals surface area contributed by atoms with E-state index >= 15 is 0 Å². The third kappa shape index (κ3) is 4.30. The molecule has 0 N–H and O–H groups in total. The largest absolute Gasteiger partial charge is 0.465 e. The summed E-state index contributed by atoms with van der Waals surface area (Å²) in [5, 5.41) is 0.188. The average Bonchev–Trinajstić information content (AvgIpc) is 3.07. The van der Waals surface area contributed by atoms with Crippen LogP contribution in [0.4, 0.5) is 0 Å². The van der Waals surface area contributed by atoms with Gasteiger partial charge in [0.15, 0.2) is 8.32 Å². The van der Waals surface area contributed by atoms with Crippen molar-refractivity contribution < 1.29 is 18.7 Å². The van der Waals surface area contributed by atoms with Crippen molar-refractivity contribution >= 4 is 14.3 Å². The third-order valence-electron chi connectivity index (χ3n) is 6.92. The molecular formula is C20H38O4Si. The van der Waals surface area contributed by atoms with Crippen LogP contribution in [0.3, 0.4) is 0 Å². The van der Waals surface area contributed by atoms with E-state index in [-0.39, 0.29) is 22.5 Å². The number of hydrogen-bond donors (Lipinski definition) is 0. The first-order valence-electron chi connectivity index (χ1n) is 9.82. The van der Waals surface area contributed by atoms with Crippen LogP contribution in [0.25, 0.3) is 0 Å². The lowest BCUT2D eigenvalue weighted by Gasteiger charge is -2.40. The highest BCUT2D eigenvalue weighted by atomic mass is 28.4. The minimum absolute atomic E-state index is 0.0989. The summed E-state index contributed by atoms with van der Waals surface area (Å²) < 4.78 is 18.5. The van der Waals surface area contributed by atoms with Crippen molar-refractivity contribution in [1.82, 2.24) is 0 Å². The minimum Gasteiger partial charge on any atom is -0.465 e. The van der Waals surface area contributed by atoms with Crippen molar-refractivity contribution in [3.8, 4) is 0 Å². The van der Waals surface area contributed by atoms with Crippen molar-refractivity contribution in [2.75, 3.05) is 13.2 Å². The number of carbonyl (C=O) groups is 1. The van der Waals surface area contributed by atoms with Gasteiger partial charge in [0, 0.05) is 5.92 Å². The van der Waals surface area contributed by atoms with E-state index in [1.165, 1.54) is 0 Å². The third-order valence-corrected chi connectivity index (χ3v) is 11.4. The lowest BCUT2D eigenvalue weighted by molar-refractivity contribution is -0.158. The minimum atomic E-state index is -1.82. The highest BCUT2D eigenvalue weighted by Crippen LogP contribution is 2.49. The molecule has 0 aromatic heterocycles. The van der Waals surface area contributed by atoms with Crippen LogP contribution >= 0.6 is 0 Å². The smallest absolute Gasteiger partial charge is 0.311 e.